The van der Waals surface area contributed by atoms with Crippen molar-refractivity contribution in [3.05, 3.63) is 95.6 Å². The largest absolute Gasteiger partial charge is 0.508 e. The van der Waals surface area contributed by atoms with Crippen molar-refractivity contribution in [2.45, 2.75) is 25.9 Å². The first-order chi connectivity index (χ1) is 17.4. The van der Waals surface area contributed by atoms with E-state index in [1.807, 2.05) is 18.2 Å². The standard InChI is InChI=1S/C31H40N2O2Si.2ClH/c1-32-19-21-33(22-20-32)24-36(2,3)29-17-13-27(14-18-29)31(26-11-15-28(35)16-12-26)30(10-7-23-34)25-8-5-4-6-9-25;;/h4-6,8-9,11-18,34-35H,7,10,19-24H2,1-3H3;2*1H/b31-30-;;. The van der Waals surface area contributed by atoms with Gasteiger partial charge in [-0.05, 0) is 66.0 Å². The SMILES string of the molecule is CN1CCN(C[Si](C)(C)c2ccc(/C(=C(/CCCO)c3ccccc3)c3ccc(O)cc3)cc2)CC1.Cl.Cl. The summed E-state index contributed by atoms with van der Waals surface area (Å²) < 4.78 is 0. The number of aromatic hydroxyl groups is 1. The van der Waals surface area contributed by atoms with Gasteiger partial charge in [0.2, 0.25) is 0 Å². The van der Waals surface area contributed by atoms with Crippen molar-refractivity contribution in [2.75, 3.05) is 46.0 Å². The Hall–Kier alpha value is -2.12. The summed E-state index contributed by atoms with van der Waals surface area (Å²) in [6.45, 7) is 9.74. The summed E-state index contributed by atoms with van der Waals surface area (Å²) in [6, 6.07) is 27.2. The summed E-state index contributed by atoms with van der Waals surface area (Å²) in [5.41, 5.74) is 5.80. The molecular formula is C31H42Cl2N2O2Si. The highest BCUT2D eigenvalue weighted by atomic mass is 35.5. The first-order valence-electron chi connectivity index (χ1n) is 13.1. The molecule has 0 aliphatic carbocycles. The molecule has 1 heterocycles. The Balaban J connectivity index is 0.00000253. The second kappa shape index (κ2) is 14.9. The predicted molar refractivity (Wildman–Crippen MR) is 169 cm³/mol. The number of aliphatic hydroxyl groups is 1. The third kappa shape index (κ3) is 8.19. The van der Waals surface area contributed by atoms with Crippen LogP contribution in [0, 0.1) is 0 Å². The van der Waals surface area contributed by atoms with E-state index in [1.165, 1.54) is 33.6 Å². The molecule has 0 bridgehead atoms. The number of hydrogen-bond donors (Lipinski definition) is 2. The average molecular weight is 574 g/mol. The smallest absolute Gasteiger partial charge is 0.115 e. The zero-order chi connectivity index (χ0) is 25.5. The van der Waals surface area contributed by atoms with Gasteiger partial charge >= 0.3 is 0 Å². The van der Waals surface area contributed by atoms with Crippen molar-refractivity contribution in [3.8, 4) is 5.75 Å². The van der Waals surface area contributed by atoms with Crippen LogP contribution in [0.25, 0.3) is 11.1 Å². The van der Waals surface area contributed by atoms with Crippen LogP contribution in [-0.4, -0.2) is 74.1 Å². The lowest BCUT2D eigenvalue weighted by Gasteiger charge is -2.37. The van der Waals surface area contributed by atoms with E-state index in [4.69, 9.17) is 0 Å². The van der Waals surface area contributed by atoms with Gasteiger partial charge in [0.1, 0.15) is 5.75 Å². The predicted octanol–water partition coefficient (Wildman–Crippen LogP) is 5.67. The van der Waals surface area contributed by atoms with E-state index in [9.17, 15) is 10.2 Å². The number of phenols is 1. The van der Waals surface area contributed by atoms with Crippen LogP contribution in [0.3, 0.4) is 0 Å². The molecule has 2 N–H and O–H groups in total. The third-order valence-electron chi connectivity index (χ3n) is 7.33. The van der Waals surface area contributed by atoms with Crippen molar-refractivity contribution in [3.63, 3.8) is 0 Å². The minimum atomic E-state index is -1.62. The normalized spacial score (nSPS) is 15.3. The molecule has 0 saturated carbocycles. The van der Waals surface area contributed by atoms with Gasteiger partial charge in [0.05, 0.1) is 8.07 Å². The number of phenolic OH excluding ortho intramolecular Hbond substituents is 1. The maximum absolute atomic E-state index is 9.93. The fourth-order valence-electron chi connectivity index (χ4n) is 5.20. The van der Waals surface area contributed by atoms with Gasteiger partial charge in [-0.1, -0.05) is 85.0 Å². The summed E-state index contributed by atoms with van der Waals surface area (Å²) in [5, 5.41) is 21.0. The van der Waals surface area contributed by atoms with E-state index in [0.717, 1.165) is 38.2 Å². The van der Waals surface area contributed by atoms with E-state index in [1.54, 1.807) is 12.1 Å². The van der Waals surface area contributed by atoms with Crippen molar-refractivity contribution in [1.29, 1.82) is 0 Å². The number of likely N-dealkylation sites (N-methyl/N-ethyl adjacent to an activating group) is 1. The molecule has 0 aromatic heterocycles. The van der Waals surface area contributed by atoms with Gasteiger partial charge < -0.3 is 20.0 Å². The number of halogens is 2. The molecule has 0 radical (unpaired) electrons. The summed E-state index contributed by atoms with van der Waals surface area (Å²) in [5.74, 6) is 0.265. The van der Waals surface area contributed by atoms with Crippen LogP contribution in [0.5, 0.6) is 5.75 Å². The van der Waals surface area contributed by atoms with E-state index in [-0.39, 0.29) is 37.2 Å². The minimum Gasteiger partial charge on any atom is -0.508 e. The van der Waals surface area contributed by atoms with Crippen LogP contribution in [0.1, 0.15) is 29.5 Å². The summed E-state index contributed by atoms with van der Waals surface area (Å²) in [4.78, 5) is 5.06. The molecule has 1 fully saturated rings. The Morgan fingerprint density at radius 2 is 1.32 bits per heavy atom. The topological polar surface area (TPSA) is 46.9 Å². The lowest BCUT2D eigenvalue weighted by Crippen LogP contribution is -2.56. The maximum atomic E-state index is 9.93. The fraction of sp³-hybridized carbons (Fsp3) is 0.355. The third-order valence-corrected chi connectivity index (χ3v) is 10.5. The van der Waals surface area contributed by atoms with Crippen LogP contribution in [0.15, 0.2) is 78.9 Å². The van der Waals surface area contributed by atoms with Gasteiger partial charge in [-0.25, -0.2) is 0 Å². The number of nitrogens with zero attached hydrogens (tertiary/aromatic N) is 2. The highest BCUT2D eigenvalue weighted by molar-refractivity contribution is 6.90. The van der Waals surface area contributed by atoms with Crippen molar-refractivity contribution >= 4 is 49.2 Å². The molecule has 0 amide bonds. The number of aliphatic hydroxyl groups excluding tert-OH is 1. The highest BCUT2D eigenvalue weighted by Gasteiger charge is 2.28. The van der Waals surface area contributed by atoms with Crippen LogP contribution in [0.2, 0.25) is 13.1 Å². The Morgan fingerprint density at radius 3 is 1.87 bits per heavy atom. The second-order valence-electron chi connectivity index (χ2n) is 10.6. The zero-order valence-electron chi connectivity index (χ0n) is 22.8. The van der Waals surface area contributed by atoms with Crippen molar-refractivity contribution in [2.24, 2.45) is 0 Å². The Labute approximate surface area is 241 Å². The Kier molecular flexibility index (Phi) is 12.6. The molecule has 3 aromatic carbocycles. The molecule has 1 saturated heterocycles. The minimum absolute atomic E-state index is 0. The quantitative estimate of drug-likeness (QED) is 0.256. The van der Waals surface area contributed by atoms with E-state index >= 15 is 0 Å². The lowest BCUT2D eigenvalue weighted by molar-refractivity contribution is 0.171. The maximum Gasteiger partial charge on any atom is 0.115 e. The first kappa shape index (κ1) is 32.1. The average Bonchev–Trinajstić information content (AvgIpc) is 2.89. The number of piperazine rings is 1. The molecule has 0 unspecified atom stereocenters. The Morgan fingerprint density at radius 1 is 0.763 bits per heavy atom. The molecule has 0 spiro atoms. The van der Waals surface area contributed by atoms with Crippen LogP contribution < -0.4 is 5.19 Å². The van der Waals surface area contributed by atoms with Crippen molar-refractivity contribution < 1.29 is 10.2 Å². The second-order valence-corrected chi connectivity index (χ2v) is 15.3. The van der Waals surface area contributed by atoms with Gasteiger partial charge in [-0.2, -0.15) is 0 Å². The molecular weight excluding hydrogens is 531 g/mol. The van der Waals surface area contributed by atoms with Gasteiger partial charge in [0, 0.05) is 32.8 Å². The van der Waals surface area contributed by atoms with Crippen LogP contribution in [-0.2, 0) is 0 Å². The summed E-state index contributed by atoms with van der Waals surface area (Å²) in [7, 11) is 0.590. The molecule has 4 rings (SSSR count). The van der Waals surface area contributed by atoms with Crippen molar-refractivity contribution in [1.82, 2.24) is 9.80 Å². The Bertz CT molecular complexity index is 1140. The number of allylic oxidation sites excluding steroid dienone is 1. The summed E-state index contributed by atoms with van der Waals surface area (Å²) in [6.07, 6.45) is 2.67. The molecule has 3 aromatic rings. The molecule has 38 heavy (non-hydrogen) atoms. The van der Waals surface area contributed by atoms with Gasteiger partial charge in [-0.3, -0.25) is 0 Å². The molecule has 7 heteroatoms. The van der Waals surface area contributed by atoms with Gasteiger partial charge in [0.25, 0.3) is 0 Å². The van der Waals surface area contributed by atoms with Gasteiger partial charge in [0.15, 0.2) is 0 Å². The van der Waals surface area contributed by atoms with E-state index in [0.29, 0.717) is 6.42 Å². The summed E-state index contributed by atoms with van der Waals surface area (Å²) >= 11 is 0. The number of rotatable bonds is 9. The molecule has 0 atom stereocenters. The van der Waals surface area contributed by atoms with Crippen LogP contribution >= 0.6 is 24.8 Å². The molecule has 1 aliphatic heterocycles. The first-order valence-corrected chi connectivity index (χ1v) is 16.3. The monoisotopic (exact) mass is 572 g/mol. The molecule has 206 valence electrons. The zero-order valence-corrected chi connectivity index (χ0v) is 25.4. The molecule has 1 aliphatic rings. The molecule has 4 nitrogen and oxygen atoms in total. The number of benzene rings is 3. The highest BCUT2D eigenvalue weighted by Crippen LogP contribution is 2.35. The van der Waals surface area contributed by atoms with E-state index < -0.39 is 8.07 Å². The van der Waals surface area contributed by atoms with Crippen LogP contribution in [0.4, 0.5) is 0 Å². The lowest BCUT2D eigenvalue weighted by atomic mass is 9.87. The number of hydrogen-bond acceptors (Lipinski definition) is 4. The van der Waals surface area contributed by atoms with Gasteiger partial charge in [-0.15, -0.1) is 24.8 Å². The van der Waals surface area contributed by atoms with E-state index in [2.05, 4.69) is 78.5 Å². The fourth-order valence-corrected chi connectivity index (χ4v) is 7.88.